The minimum absolute atomic E-state index is 0.289. The minimum Gasteiger partial charge on any atom is -0.504 e. The summed E-state index contributed by atoms with van der Waals surface area (Å²) in [5.74, 6) is -3.33. The number of carboxylic acids is 1. The third-order valence-corrected chi connectivity index (χ3v) is 1.32. The fourth-order valence-electron chi connectivity index (χ4n) is 0.728. The lowest BCUT2D eigenvalue weighted by Crippen LogP contribution is -1.95. The van der Waals surface area contributed by atoms with E-state index in [4.69, 9.17) is 20.4 Å². The van der Waals surface area contributed by atoms with Crippen LogP contribution in [0.3, 0.4) is 0 Å². The molecule has 4 N–H and O–H groups in total. The third kappa shape index (κ3) is 3.74. The van der Waals surface area contributed by atoms with Crippen molar-refractivity contribution in [1.82, 2.24) is 0 Å². The van der Waals surface area contributed by atoms with Crippen molar-refractivity contribution in [2.75, 3.05) is 14.2 Å². The van der Waals surface area contributed by atoms with Gasteiger partial charge in [-0.2, -0.15) is 0 Å². The molecule has 0 fully saturated rings. The predicted molar refractivity (Wildman–Crippen MR) is 51.3 cm³/mol. The molecule has 0 unspecified atom stereocenters. The number of phenols is 3. The van der Waals surface area contributed by atoms with Crippen molar-refractivity contribution >= 4 is 5.97 Å². The summed E-state index contributed by atoms with van der Waals surface area (Å²) >= 11 is 0. The summed E-state index contributed by atoms with van der Waals surface area (Å²) in [5.41, 5.74) is -0.289. The van der Waals surface area contributed by atoms with Crippen molar-refractivity contribution in [3.8, 4) is 17.2 Å². The number of ether oxygens (including phenoxy) is 1. The molecular weight excluding hydrogens is 204 g/mol. The zero-order valence-electron chi connectivity index (χ0n) is 8.26. The van der Waals surface area contributed by atoms with E-state index in [2.05, 4.69) is 4.74 Å². The highest BCUT2D eigenvalue weighted by Crippen LogP contribution is 2.35. The van der Waals surface area contributed by atoms with Gasteiger partial charge in [-0.1, -0.05) is 0 Å². The van der Waals surface area contributed by atoms with Gasteiger partial charge in [0.15, 0.2) is 17.2 Å². The van der Waals surface area contributed by atoms with Crippen LogP contribution in [0.4, 0.5) is 0 Å². The van der Waals surface area contributed by atoms with Crippen LogP contribution < -0.4 is 0 Å². The summed E-state index contributed by atoms with van der Waals surface area (Å²) < 4.78 is 4.25. The van der Waals surface area contributed by atoms with Gasteiger partial charge in [-0.25, -0.2) is 4.79 Å². The van der Waals surface area contributed by atoms with Crippen molar-refractivity contribution in [3.05, 3.63) is 17.7 Å². The van der Waals surface area contributed by atoms with Gasteiger partial charge >= 0.3 is 5.97 Å². The second kappa shape index (κ2) is 5.71. The van der Waals surface area contributed by atoms with Gasteiger partial charge in [0.2, 0.25) is 0 Å². The molecule has 0 amide bonds. The first-order chi connectivity index (χ1) is 6.93. The molecule has 0 aliphatic heterocycles. The van der Waals surface area contributed by atoms with E-state index in [1.165, 1.54) is 0 Å². The van der Waals surface area contributed by atoms with Gasteiger partial charge < -0.3 is 25.2 Å². The summed E-state index contributed by atoms with van der Waals surface area (Å²) in [5, 5.41) is 35.0. The molecule has 0 atom stereocenters. The van der Waals surface area contributed by atoms with E-state index in [0.717, 1.165) is 12.1 Å². The molecule has 1 rings (SSSR count). The second-order valence-corrected chi connectivity index (χ2v) is 2.58. The normalized spacial score (nSPS) is 8.93. The van der Waals surface area contributed by atoms with Crippen LogP contribution in [-0.2, 0) is 4.74 Å². The molecular formula is C9H12O6. The Morgan fingerprint density at radius 1 is 1.13 bits per heavy atom. The molecule has 0 aliphatic carbocycles. The number of aromatic carboxylic acids is 1. The molecule has 6 heteroatoms. The molecule has 0 saturated carbocycles. The predicted octanol–water partition coefficient (Wildman–Crippen LogP) is 0.764. The maximum atomic E-state index is 10.3. The average Bonchev–Trinajstić information content (AvgIpc) is 2.14. The number of hydrogen-bond donors (Lipinski definition) is 4. The van der Waals surface area contributed by atoms with Crippen LogP contribution in [0.15, 0.2) is 12.1 Å². The van der Waals surface area contributed by atoms with Gasteiger partial charge in [-0.05, 0) is 12.1 Å². The fraction of sp³-hybridized carbons (Fsp3) is 0.222. The number of carbonyl (C=O) groups is 1. The lowest BCUT2D eigenvalue weighted by atomic mass is 10.2. The SMILES string of the molecule is COC.O=C(O)c1cc(O)c(O)c(O)c1. The van der Waals surface area contributed by atoms with Crippen molar-refractivity contribution in [1.29, 1.82) is 0 Å². The Bertz CT molecular complexity index is 323. The standard InChI is InChI=1S/C7H6O5.C2H6O/c8-4-1-3(7(11)12)2-5(9)6(4)10;1-3-2/h1-2,8-10H,(H,11,12);1-2H3. The number of methoxy groups -OCH3 is 1. The maximum absolute atomic E-state index is 10.3. The minimum atomic E-state index is -1.29. The average molecular weight is 216 g/mol. The number of benzene rings is 1. The smallest absolute Gasteiger partial charge is 0.335 e. The first-order valence-corrected chi connectivity index (χ1v) is 3.82. The highest BCUT2D eigenvalue weighted by molar-refractivity contribution is 5.89. The van der Waals surface area contributed by atoms with Gasteiger partial charge in [-0.15, -0.1) is 0 Å². The van der Waals surface area contributed by atoms with Crippen LogP contribution in [-0.4, -0.2) is 40.6 Å². The van der Waals surface area contributed by atoms with Crippen LogP contribution >= 0.6 is 0 Å². The molecule has 84 valence electrons. The van der Waals surface area contributed by atoms with E-state index in [-0.39, 0.29) is 5.56 Å². The number of phenolic OH excluding ortho intramolecular Hbond substituents is 3. The summed E-state index contributed by atoms with van der Waals surface area (Å²) in [6, 6.07) is 1.69. The van der Waals surface area contributed by atoms with Crippen molar-refractivity contribution < 1.29 is 30.0 Å². The van der Waals surface area contributed by atoms with Gasteiger partial charge in [0.25, 0.3) is 0 Å². The van der Waals surface area contributed by atoms with Crippen LogP contribution in [0, 0.1) is 0 Å². The molecule has 1 aromatic carbocycles. The Morgan fingerprint density at radius 2 is 1.47 bits per heavy atom. The van der Waals surface area contributed by atoms with Gasteiger partial charge in [0.1, 0.15) is 0 Å². The molecule has 15 heavy (non-hydrogen) atoms. The summed E-state index contributed by atoms with van der Waals surface area (Å²) in [4.78, 5) is 10.3. The van der Waals surface area contributed by atoms with E-state index in [1.807, 2.05) is 0 Å². The molecule has 0 saturated heterocycles. The Labute approximate surface area is 86.0 Å². The Morgan fingerprint density at radius 3 is 1.73 bits per heavy atom. The summed E-state index contributed by atoms with van der Waals surface area (Å²) in [6.07, 6.45) is 0. The van der Waals surface area contributed by atoms with E-state index in [0.29, 0.717) is 0 Å². The molecule has 6 nitrogen and oxygen atoms in total. The number of carboxylic acid groups (broad SMARTS) is 1. The highest BCUT2D eigenvalue weighted by Gasteiger charge is 2.11. The van der Waals surface area contributed by atoms with Crippen LogP contribution in [0.5, 0.6) is 17.2 Å². The fourth-order valence-corrected chi connectivity index (χ4v) is 0.728. The molecule has 1 aromatic rings. The van der Waals surface area contributed by atoms with E-state index < -0.39 is 23.2 Å². The van der Waals surface area contributed by atoms with Crippen LogP contribution in [0.2, 0.25) is 0 Å². The van der Waals surface area contributed by atoms with E-state index in [1.54, 1.807) is 14.2 Å². The number of aromatic hydroxyl groups is 3. The molecule has 0 bridgehead atoms. The Hall–Kier alpha value is -1.95. The third-order valence-electron chi connectivity index (χ3n) is 1.32. The molecule has 0 radical (unpaired) electrons. The summed E-state index contributed by atoms with van der Waals surface area (Å²) in [7, 11) is 3.25. The zero-order chi connectivity index (χ0) is 12.0. The Balaban J connectivity index is 0.000000583. The number of rotatable bonds is 1. The van der Waals surface area contributed by atoms with Crippen LogP contribution in [0.25, 0.3) is 0 Å². The lowest BCUT2D eigenvalue weighted by Gasteiger charge is -2.01. The highest BCUT2D eigenvalue weighted by atomic mass is 16.4. The second-order valence-electron chi connectivity index (χ2n) is 2.58. The molecule has 0 spiro atoms. The van der Waals surface area contributed by atoms with Crippen molar-refractivity contribution in [2.45, 2.75) is 0 Å². The largest absolute Gasteiger partial charge is 0.504 e. The molecule has 0 heterocycles. The van der Waals surface area contributed by atoms with Crippen molar-refractivity contribution in [3.63, 3.8) is 0 Å². The van der Waals surface area contributed by atoms with Gasteiger partial charge in [-0.3, -0.25) is 0 Å². The van der Waals surface area contributed by atoms with E-state index in [9.17, 15) is 4.79 Å². The Kier molecular flexibility index (Phi) is 4.97. The first-order valence-electron chi connectivity index (χ1n) is 3.82. The molecule has 0 aliphatic rings. The monoisotopic (exact) mass is 216 g/mol. The number of hydrogen-bond acceptors (Lipinski definition) is 5. The maximum Gasteiger partial charge on any atom is 0.335 e. The summed E-state index contributed by atoms with van der Waals surface area (Å²) in [6.45, 7) is 0. The van der Waals surface area contributed by atoms with E-state index >= 15 is 0 Å². The topological polar surface area (TPSA) is 107 Å². The zero-order valence-corrected chi connectivity index (χ0v) is 8.26. The van der Waals surface area contributed by atoms with Gasteiger partial charge in [0, 0.05) is 14.2 Å². The van der Waals surface area contributed by atoms with Crippen LogP contribution in [0.1, 0.15) is 10.4 Å². The van der Waals surface area contributed by atoms with Gasteiger partial charge in [0.05, 0.1) is 5.56 Å². The first kappa shape index (κ1) is 13.1. The van der Waals surface area contributed by atoms with Crippen molar-refractivity contribution in [2.24, 2.45) is 0 Å². The quantitative estimate of drug-likeness (QED) is 0.516. The molecule has 0 aromatic heterocycles. The lowest BCUT2D eigenvalue weighted by molar-refractivity contribution is 0.0696.